The minimum atomic E-state index is -0.855. The lowest BCUT2D eigenvalue weighted by molar-refractivity contribution is -0.0682. The minimum Gasteiger partial charge on any atom is -0.389 e. The molecule has 1 N–H and O–H groups in total. The molecular weight excluding hydrogens is 276 g/mol. The molecule has 118 valence electrons. The van der Waals surface area contributed by atoms with Crippen molar-refractivity contribution in [1.82, 2.24) is 4.90 Å². The van der Waals surface area contributed by atoms with Crippen LogP contribution >= 0.6 is 0 Å². The van der Waals surface area contributed by atoms with E-state index in [2.05, 4.69) is 4.90 Å². The molecule has 0 bridgehead atoms. The van der Waals surface area contributed by atoms with Gasteiger partial charge in [0.05, 0.1) is 18.3 Å². The zero-order valence-corrected chi connectivity index (χ0v) is 12.6. The average molecular weight is 299 g/mol. The Kier molecular flexibility index (Phi) is 5.30. The Morgan fingerprint density at radius 1 is 1.29 bits per heavy atom. The van der Waals surface area contributed by atoms with Gasteiger partial charge in [-0.1, -0.05) is 19.9 Å². The second-order valence-corrected chi connectivity index (χ2v) is 5.70. The molecule has 1 atom stereocenters. The van der Waals surface area contributed by atoms with Gasteiger partial charge < -0.3 is 9.84 Å². The van der Waals surface area contributed by atoms with Crippen LogP contribution in [0.4, 0.5) is 8.78 Å². The number of benzene rings is 1. The summed E-state index contributed by atoms with van der Waals surface area (Å²) in [6, 6.07) is 3.87. The summed E-state index contributed by atoms with van der Waals surface area (Å²) >= 11 is 0. The normalized spacial score (nSPS) is 20.7. The minimum absolute atomic E-state index is 0.285. The van der Waals surface area contributed by atoms with Crippen LogP contribution in [-0.2, 0) is 4.74 Å². The number of aliphatic hydroxyl groups is 1. The quantitative estimate of drug-likeness (QED) is 0.907. The summed E-state index contributed by atoms with van der Waals surface area (Å²) in [5.41, 5.74) is -0.0641. The highest BCUT2D eigenvalue weighted by molar-refractivity contribution is 5.21. The van der Waals surface area contributed by atoms with E-state index >= 15 is 0 Å². The third kappa shape index (κ3) is 3.99. The number of rotatable bonds is 5. The Morgan fingerprint density at radius 3 is 2.62 bits per heavy atom. The van der Waals surface area contributed by atoms with E-state index in [-0.39, 0.29) is 6.10 Å². The first kappa shape index (κ1) is 16.3. The first-order chi connectivity index (χ1) is 9.97. The van der Waals surface area contributed by atoms with Crippen LogP contribution in [-0.4, -0.2) is 41.8 Å². The molecule has 1 saturated heterocycles. The number of morpholine rings is 1. The average Bonchev–Trinajstić information content (AvgIpc) is 2.50. The van der Waals surface area contributed by atoms with E-state index in [9.17, 15) is 13.9 Å². The van der Waals surface area contributed by atoms with Gasteiger partial charge in [0, 0.05) is 19.6 Å². The van der Waals surface area contributed by atoms with Crippen molar-refractivity contribution in [2.75, 3.05) is 26.2 Å². The van der Waals surface area contributed by atoms with Gasteiger partial charge >= 0.3 is 0 Å². The molecule has 1 heterocycles. The molecule has 1 aliphatic heterocycles. The highest BCUT2D eigenvalue weighted by Gasteiger charge is 2.30. The maximum Gasteiger partial charge on any atom is 0.159 e. The number of hydrogen-bond acceptors (Lipinski definition) is 3. The Morgan fingerprint density at radius 2 is 2.00 bits per heavy atom. The summed E-state index contributed by atoms with van der Waals surface area (Å²) in [5.74, 6) is -1.70. The monoisotopic (exact) mass is 299 g/mol. The molecule has 1 fully saturated rings. The van der Waals surface area contributed by atoms with E-state index in [1.165, 1.54) is 6.07 Å². The van der Waals surface area contributed by atoms with Crippen molar-refractivity contribution in [2.24, 2.45) is 0 Å². The molecule has 0 spiro atoms. The first-order valence-electron chi connectivity index (χ1n) is 7.48. The fraction of sp³-hybridized carbons (Fsp3) is 0.625. The molecule has 1 aromatic rings. The van der Waals surface area contributed by atoms with E-state index in [4.69, 9.17) is 4.74 Å². The highest BCUT2D eigenvalue weighted by Crippen LogP contribution is 2.26. The summed E-state index contributed by atoms with van der Waals surface area (Å²) in [7, 11) is 0. The molecule has 0 saturated carbocycles. The summed E-state index contributed by atoms with van der Waals surface area (Å²) in [6.07, 6.45) is 1.10. The zero-order chi connectivity index (χ0) is 15.5. The number of β-amino-alcohol motifs (C(OH)–C–C–N with tert-alkyl or cyclic N) is 1. The maximum absolute atomic E-state index is 13.3. The molecule has 21 heavy (non-hydrogen) atoms. The van der Waals surface area contributed by atoms with Gasteiger partial charge in [0.1, 0.15) is 0 Å². The lowest BCUT2D eigenvalue weighted by atomic mass is 9.96. The predicted molar refractivity (Wildman–Crippen MR) is 77.0 cm³/mol. The van der Waals surface area contributed by atoms with Gasteiger partial charge in [-0.05, 0) is 30.5 Å². The topological polar surface area (TPSA) is 32.7 Å². The number of halogens is 2. The highest BCUT2D eigenvalue weighted by atomic mass is 19.2. The number of ether oxygens (including phenoxy) is 1. The van der Waals surface area contributed by atoms with Crippen LogP contribution in [0, 0.1) is 11.6 Å². The van der Waals surface area contributed by atoms with Gasteiger partial charge in [0.2, 0.25) is 0 Å². The molecule has 0 radical (unpaired) electrons. The van der Waals surface area contributed by atoms with E-state index in [1.807, 2.05) is 13.8 Å². The first-order valence-corrected chi connectivity index (χ1v) is 7.48. The third-order valence-corrected chi connectivity index (χ3v) is 4.30. The van der Waals surface area contributed by atoms with Crippen LogP contribution in [0.2, 0.25) is 0 Å². The Hall–Kier alpha value is -1.04. The smallest absolute Gasteiger partial charge is 0.159 e. The van der Waals surface area contributed by atoms with Crippen LogP contribution in [0.3, 0.4) is 0 Å². The molecule has 3 nitrogen and oxygen atoms in total. The lowest BCUT2D eigenvalue weighted by Gasteiger charge is -2.38. The van der Waals surface area contributed by atoms with Gasteiger partial charge in [-0.25, -0.2) is 8.78 Å². The largest absolute Gasteiger partial charge is 0.389 e. The molecule has 2 rings (SSSR count). The van der Waals surface area contributed by atoms with Crippen molar-refractivity contribution in [2.45, 2.75) is 38.4 Å². The SMILES string of the molecule is CCC(O)(CC)CN1CCOC(c2ccc(F)c(F)c2)C1. The number of hydrogen-bond donors (Lipinski definition) is 1. The Labute approximate surface area is 124 Å². The fourth-order valence-electron chi connectivity index (χ4n) is 2.65. The van der Waals surface area contributed by atoms with Crippen LogP contribution in [0.15, 0.2) is 18.2 Å². The lowest BCUT2D eigenvalue weighted by Crippen LogP contribution is -2.47. The molecular formula is C16H23F2NO2. The van der Waals surface area contributed by atoms with Crippen molar-refractivity contribution >= 4 is 0 Å². The Balaban J connectivity index is 2.05. The van der Waals surface area contributed by atoms with Crippen LogP contribution in [0.1, 0.15) is 38.4 Å². The second kappa shape index (κ2) is 6.81. The van der Waals surface area contributed by atoms with Crippen LogP contribution in [0.5, 0.6) is 0 Å². The second-order valence-electron chi connectivity index (χ2n) is 5.70. The van der Waals surface area contributed by atoms with E-state index in [0.717, 1.165) is 12.6 Å². The van der Waals surface area contributed by atoms with Crippen LogP contribution in [0.25, 0.3) is 0 Å². The number of nitrogens with zero attached hydrogens (tertiary/aromatic N) is 1. The fourth-order valence-corrected chi connectivity index (χ4v) is 2.65. The van der Waals surface area contributed by atoms with Gasteiger partial charge in [0.15, 0.2) is 11.6 Å². The molecule has 0 aliphatic carbocycles. The molecule has 0 amide bonds. The van der Waals surface area contributed by atoms with Gasteiger partial charge in [-0.2, -0.15) is 0 Å². The van der Waals surface area contributed by atoms with E-state index in [1.54, 1.807) is 6.07 Å². The van der Waals surface area contributed by atoms with Crippen molar-refractivity contribution in [1.29, 1.82) is 0 Å². The summed E-state index contributed by atoms with van der Waals surface area (Å²) in [6.45, 7) is 6.35. The standard InChI is InChI=1S/C16H23F2NO2/c1-3-16(20,4-2)11-19-7-8-21-15(10-19)12-5-6-13(17)14(18)9-12/h5-6,9,15,20H,3-4,7-8,10-11H2,1-2H3. The third-order valence-electron chi connectivity index (χ3n) is 4.30. The van der Waals surface area contributed by atoms with Gasteiger partial charge in [0.25, 0.3) is 0 Å². The van der Waals surface area contributed by atoms with Crippen molar-refractivity contribution < 1.29 is 18.6 Å². The molecule has 0 aromatic heterocycles. The van der Waals surface area contributed by atoms with E-state index in [0.29, 0.717) is 38.1 Å². The molecule has 1 unspecified atom stereocenters. The summed E-state index contributed by atoms with van der Waals surface area (Å²) in [5, 5.41) is 10.4. The van der Waals surface area contributed by atoms with Gasteiger partial charge in [-0.3, -0.25) is 4.90 Å². The van der Waals surface area contributed by atoms with Crippen LogP contribution < -0.4 is 0 Å². The molecule has 1 aliphatic rings. The van der Waals surface area contributed by atoms with Crippen molar-refractivity contribution in [3.05, 3.63) is 35.4 Å². The maximum atomic E-state index is 13.3. The zero-order valence-electron chi connectivity index (χ0n) is 12.6. The van der Waals surface area contributed by atoms with Crippen molar-refractivity contribution in [3.63, 3.8) is 0 Å². The Bertz CT molecular complexity index is 477. The summed E-state index contributed by atoms with van der Waals surface area (Å²) < 4.78 is 32.0. The van der Waals surface area contributed by atoms with Crippen molar-refractivity contribution in [3.8, 4) is 0 Å². The molecule has 5 heteroatoms. The predicted octanol–water partition coefficient (Wildman–Crippen LogP) is 2.89. The summed E-state index contributed by atoms with van der Waals surface area (Å²) in [4.78, 5) is 2.13. The molecule has 1 aromatic carbocycles. The van der Waals surface area contributed by atoms with E-state index < -0.39 is 17.2 Å². The van der Waals surface area contributed by atoms with Gasteiger partial charge in [-0.15, -0.1) is 0 Å².